The molecule has 0 bridgehead atoms. The average Bonchev–Trinajstić information content (AvgIpc) is 2.27. The van der Waals surface area contributed by atoms with Crippen LogP contribution in [0.2, 0.25) is 0 Å². The van der Waals surface area contributed by atoms with E-state index in [-0.39, 0.29) is 5.97 Å². The maximum Gasteiger partial charge on any atom is 0.330 e. The van der Waals surface area contributed by atoms with Gasteiger partial charge in [0.05, 0.1) is 6.61 Å². The Morgan fingerprint density at radius 2 is 2.07 bits per heavy atom. The van der Waals surface area contributed by atoms with Gasteiger partial charge in [-0.15, -0.1) is 11.8 Å². The molecule has 15 heavy (non-hydrogen) atoms. The molecule has 1 rings (SSSR count). The second kappa shape index (κ2) is 6.30. The van der Waals surface area contributed by atoms with Crippen molar-refractivity contribution in [2.45, 2.75) is 11.8 Å². The molecule has 3 heteroatoms. The molecule has 1 aromatic carbocycles. The number of carbonyl (C=O) groups is 1. The monoisotopic (exact) mass is 222 g/mol. The molecule has 0 atom stereocenters. The molecule has 0 aliphatic heterocycles. The Morgan fingerprint density at radius 3 is 2.60 bits per heavy atom. The van der Waals surface area contributed by atoms with Crippen LogP contribution in [0.25, 0.3) is 6.08 Å². The summed E-state index contributed by atoms with van der Waals surface area (Å²) in [5.74, 6) is -0.300. The van der Waals surface area contributed by atoms with E-state index in [0.29, 0.717) is 6.61 Å². The molecule has 80 valence electrons. The summed E-state index contributed by atoms with van der Waals surface area (Å²) in [6, 6.07) is 7.99. The predicted octanol–water partition coefficient (Wildman–Crippen LogP) is 2.98. The third-order valence-corrected chi connectivity index (χ3v) is 2.56. The average molecular weight is 222 g/mol. The van der Waals surface area contributed by atoms with Crippen LogP contribution < -0.4 is 0 Å². The van der Waals surface area contributed by atoms with E-state index in [1.807, 2.05) is 30.5 Å². The lowest BCUT2D eigenvalue weighted by Crippen LogP contribution is -1.98. The Bertz CT molecular complexity index is 341. The van der Waals surface area contributed by atoms with Crippen LogP contribution >= 0.6 is 11.8 Å². The van der Waals surface area contributed by atoms with Crippen molar-refractivity contribution in [2.75, 3.05) is 12.9 Å². The van der Waals surface area contributed by atoms with Gasteiger partial charge in [0.25, 0.3) is 0 Å². The van der Waals surface area contributed by atoms with Gasteiger partial charge in [0.15, 0.2) is 0 Å². The molecular weight excluding hydrogens is 208 g/mol. The zero-order valence-electron chi connectivity index (χ0n) is 8.90. The summed E-state index contributed by atoms with van der Waals surface area (Å²) >= 11 is 1.69. The van der Waals surface area contributed by atoms with Crippen molar-refractivity contribution in [1.29, 1.82) is 0 Å². The number of esters is 1. The van der Waals surface area contributed by atoms with Gasteiger partial charge in [-0.3, -0.25) is 0 Å². The fourth-order valence-electron chi connectivity index (χ4n) is 1.07. The first-order valence-electron chi connectivity index (χ1n) is 4.75. The SMILES string of the molecule is CCOC(=O)/C=C\c1ccc(SC)cc1. The van der Waals surface area contributed by atoms with E-state index >= 15 is 0 Å². The van der Waals surface area contributed by atoms with Crippen molar-refractivity contribution in [3.63, 3.8) is 0 Å². The third kappa shape index (κ3) is 4.21. The van der Waals surface area contributed by atoms with Crippen LogP contribution in [-0.4, -0.2) is 18.8 Å². The van der Waals surface area contributed by atoms with E-state index in [1.54, 1.807) is 24.8 Å². The Balaban J connectivity index is 2.60. The number of hydrogen-bond acceptors (Lipinski definition) is 3. The van der Waals surface area contributed by atoms with Gasteiger partial charge in [0, 0.05) is 11.0 Å². The van der Waals surface area contributed by atoms with Gasteiger partial charge in [-0.25, -0.2) is 4.79 Å². The Kier molecular flexibility index (Phi) is 4.98. The Labute approximate surface area is 94.3 Å². The highest BCUT2D eigenvalue weighted by molar-refractivity contribution is 7.98. The Hall–Kier alpha value is -1.22. The topological polar surface area (TPSA) is 26.3 Å². The zero-order chi connectivity index (χ0) is 11.1. The van der Waals surface area contributed by atoms with Gasteiger partial charge in [0.2, 0.25) is 0 Å². The molecule has 0 unspecified atom stereocenters. The van der Waals surface area contributed by atoms with Crippen molar-refractivity contribution in [1.82, 2.24) is 0 Å². The molecule has 0 aromatic heterocycles. The summed E-state index contributed by atoms with van der Waals surface area (Å²) in [4.78, 5) is 12.2. The quantitative estimate of drug-likeness (QED) is 0.445. The first kappa shape index (κ1) is 11.9. The molecule has 0 aliphatic rings. The number of benzene rings is 1. The van der Waals surface area contributed by atoms with E-state index in [0.717, 1.165) is 5.56 Å². The second-order valence-corrected chi connectivity index (χ2v) is 3.74. The molecule has 0 saturated heterocycles. The molecular formula is C12H14O2S. The van der Waals surface area contributed by atoms with Gasteiger partial charge >= 0.3 is 5.97 Å². The summed E-state index contributed by atoms with van der Waals surface area (Å²) in [5.41, 5.74) is 1.00. The van der Waals surface area contributed by atoms with Gasteiger partial charge in [-0.1, -0.05) is 12.1 Å². The van der Waals surface area contributed by atoms with Crippen LogP contribution in [0.3, 0.4) is 0 Å². The first-order chi connectivity index (χ1) is 7.26. The van der Waals surface area contributed by atoms with Gasteiger partial charge in [-0.05, 0) is 37.0 Å². The summed E-state index contributed by atoms with van der Waals surface area (Å²) in [6.07, 6.45) is 5.23. The standard InChI is InChI=1S/C12H14O2S/c1-3-14-12(13)9-6-10-4-7-11(15-2)8-5-10/h4-9H,3H2,1-2H3/b9-6-. The van der Waals surface area contributed by atoms with Gasteiger partial charge < -0.3 is 4.74 Å². The van der Waals surface area contributed by atoms with Crippen molar-refractivity contribution in [3.05, 3.63) is 35.9 Å². The smallest absolute Gasteiger partial charge is 0.330 e. The van der Waals surface area contributed by atoms with Gasteiger partial charge in [-0.2, -0.15) is 0 Å². The number of ether oxygens (including phenoxy) is 1. The summed E-state index contributed by atoms with van der Waals surface area (Å²) in [6.45, 7) is 2.20. The molecule has 1 aromatic rings. The summed E-state index contributed by atoms with van der Waals surface area (Å²) in [7, 11) is 0. The fraction of sp³-hybridized carbons (Fsp3) is 0.250. The van der Waals surface area contributed by atoms with E-state index in [1.165, 1.54) is 11.0 Å². The van der Waals surface area contributed by atoms with Crippen molar-refractivity contribution >= 4 is 23.8 Å². The normalized spacial score (nSPS) is 10.5. The van der Waals surface area contributed by atoms with Crippen LogP contribution in [0.5, 0.6) is 0 Å². The molecule has 0 aliphatic carbocycles. The maximum absolute atomic E-state index is 11.0. The molecule has 0 heterocycles. The minimum atomic E-state index is -0.300. The van der Waals surface area contributed by atoms with Crippen LogP contribution in [0.15, 0.2) is 35.2 Å². The molecule has 0 N–H and O–H groups in total. The van der Waals surface area contributed by atoms with Crippen LogP contribution in [0.1, 0.15) is 12.5 Å². The lowest BCUT2D eigenvalue weighted by Gasteiger charge is -1.97. The minimum Gasteiger partial charge on any atom is -0.463 e. The number of hydrogen-bond donors (Lipinski definition) is 0. The van der Waals surface area contributed by atoms with Crippen LogP contribution in [-0.2, 0) is 9.53 Å². The fourth-order valence-corrected chi connectivity index (χ4v) is 1.48. The predicted molar refractivity (Wildman–Crippen MR) is 63.9 cm³/mol. The molecule has 0 fully saturated rings. The highest BCUT2D eigenvalue weighted by atomic mass is 32.2. The Morgan fingerprint density at radius 1 is 1.40 bits per heavy atom. The molecule has 0 spiro atoms. The van der Waals surface area contributed by atoms with Crippen molar-refractivity contribution in [3.8, 4) is 0 Å². The molecule has 2 nitrogen and oxygen atoms in total. The number of thioether (sulfide) groups is 1. The van der Waals surface area contributed by atoms with Gasteiger partial charge in [0.1, 0.15) is 0 Å². The highest BCUT2D eigenvalue weighted by Crippen LogP contribution is 2.15. The lowest BCUT2D eigenvalue weighted by molar-refractivity contribution is -0.137. The number of rotatable bonds is 4. The molecule has 0 radical (unpaired) electrons. The van der Waals surface area contributed by atoms with E-state index in [4.69, 9.17) is 4.74 Å². The molecule has 0 amide bonds. The minimum absolute atomic E-state index is 0.300. The lowest BCUT2D eigenvalue weighted by atomic mass is 10.2. The van der Waals surface area contributed by atoms with Crippen molar-refractivity contribution < 1.29 is 9.53 Å². The maximum atomic E-state index is 11.0. The van der Waals surface area contributed by atoms with Crippen LogP contribution in [0.4, 0.5) is 0 Å². The summed E-state index contributed by atoms with van der Waals surface area (Å²) < 4.78 is 4.78. The second-order valence-electron chi connectivity index (χ2n) is 2.86. The zero-order valence-corrected chi connectivity index (χ0v) is 9.71. The number of carbonyl (C=O) groups excluding carboxylic acids is 1. The third-order valence-electron chi connectivity index (χ3n) is 1.81. The van der Waals surface area contributed by atoms with Crippen LogP contribution in [0, 0.1) is 0 Å². The van der Waals surface area contributed by atoms with E-state index < -0.39 is 0 Å². The highest BCUT2D eigenvalue weighted by Gasteiger charge is 1.94. The summed E-state index contributed by atoms with van der Waals surface area (Å²) in [5, 5.41) is 0. The largest absolute Gasteiger partial charge is 0.463 e. The molecule has 0 saturated carbocycles. The van der Waals surface area contributed by atoms with E-state index in [9.17, 15) is 4.79 Å². The van der Waals surface area contributed by atoms with E-state index in [2.05, 4.69) is 0 Å². The van der Waals surface area contributed by atoms with Crippen molar-refractivity contribution in [2.24, 2.45) is 0 Å². The first-order valence-corrected chi connectivity index (χ1v) is 5.97.